The van der Waals surface area contributed by atoms with Crippen molar-refractivity contribution < 1.29 is 79.6 Å². The highest BCUT2D eigenvalue weighted by Crippen LogP contribution is 2.57. The fourth-order valence-corrected chi connectivity index (χ4v) is 7.80. The maximum atomic E-state index is 14.5. The maximum Gasteiger partial charge on any atom is 0.229 e. The van der Waals surface area contributed by atoms with Crippen molar-refractivity contribution in [2.75, 3.05) is 6.61 Å². The number of ether oxygens (including phenoxy) is 4. The normalized spacial score (nSPS) is 33.2. The summed E-state index contributed by atoms with van der Waals surface area (Å²) in [5, 5.41) is 108. The molecule has 0 unspecified atom stereocenters. The second-order valence-electron chi connectivity index (χ2n) is 13.6. The monoisotopic (exact) mass is 726 g/mol. The predicted octanol–water partition coefficient (Wildman–Crippen LogP) is 0.865. The van der Waals surface area contributed by atoms with Crippen LogP contribution in [0.4, 0.5) is 0 Å². The van der Waals surface area contributed by atoms with Gasteiger partial charge in [0.2, 0.25) is 12.0 Å². The number of aromatic hydroxyl groups is 4. The van der Waals surface area contributed by atoms with E-state index in [1.165, 1.54) is 19.9 Å². The highest BCUT2D eigenvalue weighted by molar-refractivity contribution is 6.31. The largest absolute Gasteiger partial charge is 0.507 e. The number of hydrogen-bond acceptors (Lipinski definition) is 16. The third-order valence-corrected chi connectivity index (χ3v) is 10.5. The van der Waals surface area contributed by atoms with E-state index in [-0.39, 0.29) is 50.1 Å². The SMILES string of the molecule is C[C@H]1O[C@H](C)[C@@H](O)C2=C1C(=O)c1c(cc(O[C@@H]3O[C@H](CO)[C@@H](O)[C@H](O)[C@H]3O)cc1-c1c(O)c(O)c(O)c3c(O)c4c(cc13)[C@H](O)[C@@H](C)O[C@@H]4C)C2=O. The fourth-order valence-electron chi connectivity index (χ4n) is 7.80. The molecule has 0 radical (unpaired) electrons. The van der Waals surface area contributed by atoms with Gasteiger partial charge in [0.15, 0.2) is 23.1 Å². The van der Waals surface area contributed by atoms with Gasteiger partial charge in [-0.1, -0.05) is 0 Å². The van der Waals surface area contributed by atoms with Gasteiger partial charge in [0.05, 0.1) is 36.4 Å². The van der Waals surface area contributed by atoms with E-state index in [0.717, 1.165) is 12.1 Å². The van der Waals surface area contributed by atoms with Crippen LogP contribution in [-0.2, 0) is 14.2 Å². The van der Waals surface area contributed by atoms with E-state index in [2.05, 4.69) is 0 Å². The van der Waals surface area contributed by atoms with E-state index in [1.54, 1.807) is 13.8 Å². The lowest BCUT2D eigenvalue weighted by Gasteiger charge is -2.40. The number of aliphatic hydroxyl groups is 6. The Kier molecular flexibility index (Phi) is 8.76. The molecule has 1 saturated heterocycles. The van der Waals surface area contributed by atoms with Crippen LogP contribution in [-0.4, -0.2) is 124 Å². The van der Waals surface area contributed by atoms with Crippen LogP contribution in [0.15, 0.2) is 29.3 Å². The fraction of sp³-hybridized carbons (Fsp3) is 0.444. The Labute approximate surface area is 294 Å². The van der Waals surface area contributed by atoms with Crippen LogP contribution in [0.3, 0.4) is 0 Å². The minimum Gasteiger partial charge on any atom is -0.507 e. The zero-order valence-corrected chi connectivity index (χ0v) is 28.2. The molecule has 52 heavy (non-hydrogen) atoms. The van der Waals surface area contributed by atoms with Crippen molar-refractivity contribution in [1.29, 1.82) is 0 Å². The maximum absolute atomic E-state index is 14.5. The zero-order chi connectivity index (χ0) is 37.8. The van der Waals surface area contributed by atoms with Gasteiger partial charge in [0.25, 0.3) is 0 Å². The Morgan fingerprint density at radius 3 is 1.96 bits per heavy atom. The number of Topliss-reactive ketones (excluding diaryl/α,β-unsaturated/α-hetero) is 2. The summed E-state index contributed by atoms with van der Waals surface area (Å²) in [7, 11) is 0. The predicted molar refractivity (Wildman–Crippen MR) is 176 cm³/mol. The molecule has 0 spiro atoms. The third-order valence-electron chi connectivity index (χ3n) is 10.5. The number of fused-ring (bicyclic) bond motifs is 3. The summed E-state index contributed by atoms with van der Waals surface area (Å²) in [6, 6.07) is 3.58. The van der Waals surface area contributed by atoms with Gasteiger partial charge < -0.3 is 70.0 Å². The molecule has 4 aliphatic rings. The summed E-state index contributed by atoms with van der Waals surface area (Å²) in [5.74, 6) is -5.64. The van der Waals surface area contributed by atoms with Gasteiger partial charge in [0.1, 0.15) is 48.1 Å². The lowest BCUT2D eigenvalue weighted by atomic mass is 9.74. The van der Waals surface area contributed by atoms with Gasteiger partial charge in [-0.05, 0) is 51.5 Å². The smallest absolute Gasteiger partial charge is 0.229 e. The molecule has 0 aromatic heterocycles. The number of ketones is 2. The Morgan fingerprint density at radius 1 is 0.654 bits per heavy atom. The molecule has 3 heterocycles. The van der Waals surface area contributed by atoms with Crippen LogP contribution in [0.5, 0.6) is 28.7 Å². The van der Waals surface area contributed by atoms with Crippen LogP contribution >= 0.6 is 0 Å². The van der Waals surface area contributed by atoms with Crippen LogP contribution < -0.4 is 4.74 Å². The molecule has 0 amide bonds. The highest BCUT2D eigenvalue weighted by Gasteiger charge is 2.47. The van der Waals surface area contributed by atoms with Gasteiger partial charge in [-0.15, -0.1) is 0 Å². The third kappa shape index (κ3) is 5.09. The first-order valence-corrected chi connectivity index (χ1v) is 16.6. The topological polar surface area (TPSA) is 273 Å². The second-order valence-corrected chi connectivity index (χ2v) is 13.6. The van der Waals surface area contributed by atoms with Crippen molar-refractivity contribution in [3.05, 3.63) is 51.6 Å². The molecule has 0 saturated carbocycles. The van der Waals surface area contributed by atoms with Gasteiger partial charge >= 0.3 is 0 Å². The molecule has 278 valence electrons. The quantitative estimate of drug-likeness (QED) is 0.167. The molecule has 3 aromatic carbocycles. The van der Waals surface area contributed by atoms with Crippen molar-refractivity contribution in [2.45, 2.75) is 95.0 Å². The Morgan fingerprint density at radius 2 is 1.29 bits per heavy atom. The number of hydrogen-bond donors (Lipinski definition) is 10. The van der Waals surface area contributed by atoms with Crippen LogP contribution in [0.2, 0.25) is 0 Å². The molecule has 11 atom stereocenters. The summed E-state index contributed by atoms with van der Waals surface area (Å²) >= 11 is 0. The molecule has 16 nitrogen and oxygen atoms in total. The standard InChI is InChI=1S/C36H38O16/c1-9-19-17(25(38)11(3)49-9)7-15-21(31(44)34(47)32(45)23(15)29(19)42)14-5-13(51-36-35(48)33(46)28(41)18(8-37)52-36)6-16-22(14)30(43)20-10(2)50-12(4)26(39)24(20)27(16)40/h5-7,9-12,18,25-26,28,33,35-39,41-42,44-48H,8H2,1-4H3/t9-,10-,11-,12-,18-,25-,26-,28-,33+,35-,36-/m1/s1. The van der Waals surface area contributed by atoms with E-state index in [0.29, 0.717) is 0 Å². The Bertz CT molecular complexity index is 2050. The molecule has 1 aliphatic carbocycles. The number of benzene rings is 3. The molecule has 16 heteroatoms. The molecular weight excluding hydrogens is 688 g/mol. The summed E-state index contributed by atoms with van der Waals surface area (Å²) in [5.41, 5.74) is -1.62. The Hall–Kier alpha value is -4.36. The first-order valence-electron chi connectivity index (χ1n) is 16.6. The van der Waals surface area contributed by atoms with Gasteiger partial charge in [-0.2, -0.15) is 0 Å². The van der Waals surface area contributed by atoms with Crippen LogP contribution in [0.1, 0.15) is 71.7 Å². The van der Waals surface area contributed by atoms with Crippen LogP contribution in [0, 0.1) is 0 Å². The molecular formula is C36H38O16. The van der Waals surface area contributed by atoms with Gasteiger partial charge in [0, 0.05) is 44.3 Å². The minimum atomic E-state index is -1.90. The highest BCUT2D eigenvalue weighted by atomic mass is 16.7. The number of carbonyl (C=O) groups excluding carboxylic acids is 2. The number of carbonyl (C=O) groups is 2. The van der Waals surface area contributed by atoms with E-state index in [9.17, 15) is 60.7 Å². The van der Waals surface area contributed by atoms with Crippen molar-refractivity contribution >= 4 is 22.3 Å². The first-order chi connectivity index (χ1) is 24.5. The number of phenolic OH excluding ortho intramolecular Hbond substituents is 4. The number of aliphatic hydroxyl groups excluding tert-OH is 6. The second kappa shape index (κ2) is 12.6. The first kappa shape index (κ1) is 36.0. The molecule has 1 fully saturated rings. The average Bonchev–Trinajstić information content (AvgIpc) is 3.09. The molecule has 3 aromatic rings. The van der Waals surface area contributed by atoms with Crippen LogP contribution in [0.25, 0.3) is 21.9 Å². The van der Waals surface area contributed by atoms with E-state index >= 15 is 0 Å². The van der Waals surface area contributed by atoms with Crippen molar-refractivity contribution in [1.82, 2.24) is 0 Å². The van der Waals surface area contributed by atoms with E-state index in [1.807, 2.05) is 0 Å². The number of rotatable bonds is 4. The van der Waals surface area contributed by atoms with Crippen molar-refractivity contribution in [3.63, 3.8) is 0 Å². The minimum absolute atomic E-state index is 0.0866. The summed E-state index contributed by atoms with van der Waals surface area (Å²) in [6.07, 6.45) is -14.9. The molecule has 0 bridgehead atoms. The zero-order valence-electron chi connectivity index (χ0n) is 28.2. The molecule has 7 rings (SSSR count). The van der Waals surface area contributed by atoms with E-state index in [4.69, 9.17) is 18.9 Å². The Balaban J connectivity index is 1.54. The summed E-state index contributed by atoms with van der Waals surface area (Å²) in [4.78, 5) is 28.8. The van der Waals surface area contributed by atoms with Crippen molar-refractivity contribution in [2.24, 2.45) is 0 Å². The lowest BCUT2D eigenvalue weighted by Crippen LogP contribution is -2.60. The van der Waals surface area contributed by atoms with Gasteiger partial charge in [-0.25, -0.2) is 0 Å². The number of phenols is 4. The molecule has 3 aliphatic heterocycles. The summed E-state index contributed by atoms with van der Waals surface area (Å²) < 4.78 is 22.9. The van der Waals surface area contributed by atoms with Crippen molar-refractivity contribution in [3.8, 4) is 39.9 Å². The van der Waals surface area contributed by atoms with E-state index < -0.39 is 119 Å². The summed E-state index contributed by atoms with van der Waals surface area (Å²) in [6.45, 7) is 5.43. The van der Waals surface area contributed by atoms with Gasteiger partial charge in [-0.3, -0.25) is 9.59 Å². The molecule has 10 N–H and O–H groups in total. The lowest BCUT2D eigenvalue weighted by molar-refractivity contribution is -0.277. The average molecular weight is 727 g/mol.